The van der Waals surface area contributed by atoms with Crippen molar-refractivity contribution in [1.82, 2.24) is 15.3 Å². The number of hydrogen-bond donors (Lipinski definition) is 1. The lowest BCUT2D eigenvalue weighted by molar-refractivity contribution is 0.908. The summed E-state index contributed by atoms with van der Waals surface area (Å²) in [6.07, 6.45) is 5.14. The van der Waals surface area contributed by atoms with E-state index in [4.69, 9.17) is 11.6 Å². The van der Waals surface area contributed by atoms with Crippen molar-refractivity contribution < 1.29 is 0 Å². The van der Waals surface area contributed by atoms with Crippen LogP contribution in [0.3, 0.4) is 0 Å². The fourth-order valence-corrected chi connectivity index (χ4v) is 2.42. The molecular weight excluding hydrogens is 260 g/mol. The van der Waals surface area contributed by atoms with Gasteiger partial charge in [-0.2, -0.15) is 0 Å². The molecule has 96 valence electrons. The van der Waals surface area contributed by atoms with Crippen molar-refractivity contribution >= 4 is 17.4 Å². The van der Waals surface area contributed by atoms with Crippen molar-refractivity contribution in [2.45, 2.75) is 5.92 Å². The summed E-state index contributed by atoms with van der Waals surface area (Å²) in [5, 5.41) is 4.03. The van der Waals surface area contributed by atoms with Gasteiger partial charge in [0.1, 0.15) is 5.84 Å². The topological polar surface area (TPSA) is 50.2 Å². The van der Waals surface area contributed by atoms with Gasteiger partial charge in [-0.1, -0.05) is 23.7 Å². The van der Waals surface area contributed by atoms with Crippen LogP contribution in [0.25, 0.3) is 0 Å². The van der Waals surface area contributed by atoms with Gasteiger partial charge in [0.2, 0.25) is 0 Å². The minimum Gasteiger partial charge on any atom is -0.371 e. The summed E-state index contributed by atoms with van der Waals surface area (Å²) in [4.78, 5) is 13.1. The third kappa shape index (κ3) is 2.58. The first-order valence-electron chi connectivity index (χ1n) is 6.14. The van der Waals surface area contributed by atoms with Crippen molar-refractivity contribution in [3.05, 3.63) is 59.1 Å². The molecule has 0 bridgehead atoms. The van der Waals surface area contributed by atoms with Crippen LogP contribution in [-0.4, -0.2) is 28.9 Å². The summed E-state index contributed by atoms with van der Waals surface area (Å²) in [5.74, 6) is 0.901. The van der Waals surface area contributed by atoms with Crippen LogP contribution in [0.2, 0.25) is 5.02 Å². The lowest BCUT2D eigenvalue weighted by atomic mass is 9.94. The van der Waals surface area contributed by atoms with E-state index >= 15 is 0 Å². The number of hydrogen-bond acceptors (Lipinski definition) is 4. The van der Waals surface area contributed by atoms with E-state index in [1.807, 2.05) is 24.3 Å². The molecule has 4 nitrogen and oxygen atoms in total. The van der Waals surface area contributed by atoms with E-state index < -0.39 is 0 Å². The predicted octanol–water partition coefficient (Wildman–Crippen LogP) is 2.26. The fourth-order valence-electron chi connectivity index (χ4n) is 2.22. The monoisotopic (exact) mass is 272 g/mol. The smallest absolute Gasteiger partial charge is 0.110 e. The molecule has 0 amide bonds. The van der Waals surface area contributed by atoms with E-state index in [2.05, 4.69) is 20.3 Å². The van der Waals surface area contributed by atoms with Crippen LogP contribution in [0, 0.1) is 0 Å². The van der Waals surface area contributed by atoms with Crippen LogP contribution < -0.4 is 5.32 Å². The molecule has 1 atom stereocenters. The molecule has 1 unspecified atom stereocenters. The van der Waals surface area contributed by atoms with Crippen LogP contribution >= 0.6 is 11.6 Å². The molecule has 2 aromatic rings. The fraction of sp³-hybridized carbons (Fsp3) is 0.214. The van der Waals surface area contributed by atoms with Crippen molar-refractivity contribution in [1.29, 1.82) is 0 Å². The van der Waals surface area contributed by atoms with Gasteiger partial charge in [-0.3, -0.25) is 15.0 Å². The third-order valence-electron chi connectivity index (χ3n) is 3.03. The maximum Gasteiger partial charge on any atom is 0.110 e. The first kappa shape index (κ1) is 12.1. The SMILES string of the molecule is Clc1cccc(C(C2=NCCN2)c2cnccn2)c1. The zero-order valence-corrected chi connectivity index (χ0v) is 11.0. The van der Waals surface area contributed by atoms with Crippen LogP contribution in [0.1, 0.15) is 17.2 Å². The molecule has 1 aliphatic rings. The van der Waals surface area contributed by atoms with Crippen LogP contribution in [0.15, 0.2) is 47.8 Å². The number of halogens is 1. The Bertz CT molecular complexity index is 597. The number of aromatic nitrogens is 2. The summed E-state index contributed by atoms with van der Waals surface area (Å²) in [7, 11) is 0. The first-order valence-corrected chi connectivity index (χ1v) is 6.52. The molecule has 1 aromatic carbocycles. The van der Waals surface area contributed by atoms with Crippen molar-refractivity contribution in [3.8, 4) is 0 Å². The maximum atomic E-state index is 6.09. The Balaban J connectivity index is 2.06. The highest BCUT2D eigenvalue weighted by molar-refractivity contribution is 6.30. The molecule has 1 aromatic heterocycles. The molecule has 0 aliphatic carbocycles. The lowest BCUT2D eigenvalue weighted by Crippen LogP contribution is -2.27. The molecule has 2 heterocycles. The van der Waals surface area contributed by atoms with E-state index in [-0.39, 0.29) is 5.92 Å². The third-order valence-corrected chi connectivity index (χ3v) is 3.27. The Morgan fingerprint density at radius 2 is 2.21 bits per heavy atom. The number of nitrogens with one attached hydrogen (secondary N) is 1. The summed E-state index contributed by atoms with van der Waals surface area (Å²) < 4.78 is 0. The van der Waals surface area contributed by atoms with Crippen molar-refractivity contribution in [2.75, 3.05) is 13.1 Å². The van der Waals surface area contributed by atoms with Gasteiger partial charge in [-0.15, -0.1) is 0 Å². The predicted molar refractivity (Wildman–Crippen MR) is 75.6 cm³/mol. The number of benzene rings is 1. The highest BCUT2D eigenvalue weighted by Gasteiger charge is 2.24. The van der Waals surface area contributed by atoms with E-state index in [0.29, 0.717) is 5.02 Å². The second-order valence-electron chi connectivity index (χ2n) is 4.31. The summed E-state index contributed by atoms with van der Waals surface area (Å²) in [6, 6.07) is 7.79. The van der Waals surface area contributed by atoms with Gasteiger partial charge in [-0.25, -0.2) is 0 Å². The van der Waals surface area contributed by atoms with E-state index in [0.717, 1.165) is 30.2 Å². The number of aliphatic imine (C=N–C) groups is 1. The number of amidine groups is 1. The molecule has 19 heavy (non-hydrogen) atoms. The standard InChI is InChI=1S/C14H13ClN4/c15-11-3-1-2-10(8-11)13(14-18-6-7-19-14)12-9-16-4-5-17-12/h1-5,8-9,13H,6-7H2,(H,18,19). The maximum absolute atomic E-state index is 6.09. The van der Waals surface area contributed by atoms with E-state index in [9.17, 15) is 0 Å². The largest absolute Gasteiger partial charge is 0.371 e. The molecule has 5 heteroatoms. The van der Waals surface area contributed by atoms with E-state index in [1.165, 1.54) is 0 Å². The Hall–Kier alpha value is -1.94. The van der Waals surface area contributed by atoms with Crippen LogP contribution in [-0.2, 0) is 0 Å². The van der Waals surface area contributed by atoms with Crippen molar-refractivity contribution in [2.24, 2.45) is 4.99 Å². The van der Waals surface area contributed by atoms with Gasteiger partial charge in [0.05, 0.1) is 18.2 Å². The second-order valence-corrected chi connectivity index (χ2v) is 4.75. The van der Waals surface area contributed by atoms with Crippen LogP contribution in [0.5, 0.6) is 0 Å². The molecule has 0 fully saturated rings. The highest BCUT2D eigenvalue weighted by Crippen LogP contribution is 2.26. The molecule has 3 rings (SSSR count). The normalized spacial score (nSPS) is 15.7. The zero-order chi connectivity index (χ0) is 13.1. The highest BCUT2D eigenvalue weighted by atomic mass is 35.5. The zero-order valence-electron chi connectivity index (χ0n) is 10.3. The Morgan fingerprint density at radius 3 is 2.89 bits per heavy atom. The number of nitrogens with zero attached hydrogens (tertiary/aromatic N) is 3. The molecule has 1 N–H and O–H groups in total. The summed E-state index contributed by atoms with van der Waals surface area (Å²) in [5.41, 5.74) is 1.94. The van der Waals surface area contributed by atoms with Gasteiger partial charge in [-0.05, 0) is 17.7 Å². The van der Waals surface area contributed by atoms with Gasteiger partial charge in [0, 0.05) is 30.2 Å². The average Bonchev–Trinajstić information content (AvgIpc) is 2.94. The van der Waals surface area contributed by atoms with Gasteiger partial charge in [0.25, 0.3) is 0 Å². The van der Waals surface area contributed by atoms with E-state index in [1.54, 1.807) is 18.6 Å². The number of rotatable bonds is 3. The average molecular weight is 273 g/mol. The van der Waals surface area contributed by atoms with Crippen LogP contribution in [0.4, 0.5) is 0 Å². The molecule has 0 radical (unpaired) electrons. The second kappa shape index (κ2) is 5.36. The molecule has 1 aliphatic heterocycles. The quantitative estimate of drug-likeness (QED) is 0.932. The Morgan fingerprint density at radius 1 is 1.26 bits per heavy atom. The van der Waals surface area contributed by atoms with Gasteiger partial charge in [0.15, 0.2) is 0 Å². The molecule has 0 saturated carbocycles. The molecule has 0 spiro atoms. The summed E-state index contributed by atoms with van der Waals surface area (Å²) in [6.45, 7) is 1.67. The van der Waals surface area contributed by atoms with Gasteiger partial charge < -0.3 is 5.32 Å². The van der Waals surface area contributed by atoms with Gasteiger partial charge >= 0.3 is 0 Å². The summed E-state index contributed by atoms with van der Waals surface area (Å²) >= 11 is 6.09. The molecular formula is C14H13ClN4. The lowest BCUT2D eigenvalue weighted by Gasteiger charge is -2.17. The van der Waals surface area contributed by atoms with Crippen molar-refractivity contribution in [3.63, 3.8) is 0 Å². The Labute approximate surface area is 116 Å². The molecule has 0 saturated heterocycles. The minimum absolute atomic E-state index is 0.0325. The minimum atomic E-state index is -0.0325. The Kier molecular flexibility index (Phi) is 3.42. The first-order chi connectivity index (χ1) is 9.34.